The van der Waals surface area contributed by atoms with E-state index < -0.39 is 10.0 Å². The third-order valence-electron chi connectivity index (χ3n) is 7.09. The van der Waals surface area contributed by atoms with Gasteiger partial charge in [0.25, 0.3) is 5.91 Å². The van der Waals surface area contributed by atoms with Crippen molar-refractivity contribution in [3.63, 3.8) is 0 Å². The van der Waals surface area contributed by atoms with Crippen LogP contribution in [0.4, 0.5) is 0 Å². The second-order valence-electron chi connectivity index (χ2n) is 9.27. The highest BCUT2D eigenvalue weighted by Crippen LogP contribution is 2.35. The maximum atomic E-state index is 13.6. The number of halogens is 1. The Morgan fingerprint density at radius 1 is 0.912 bits per heavy atom. The van der Waals surface area contributed by atoms with Crippen molar-refractivity contribution >= 4 is 27.5 Å². The summed E-state index contributed by atoms with van der Waals surface area (Å²) >= 11 is 6.41. The van der Waals surface area contributed by atoms with Gasteiger partial charge in [-0.25, -0.2) is 8.42 Å². The molecule has 2 aromatic carbocycles. The Morgan fingerprint density at radius 2 is 1.62 bits per heavy atom. The number of rotatable bonds is 4. The number of sulfonamides is 1. The molecule has 1 fully saturated rings. The number of hydrogen-bond donors (Lipinski definition) is 0. The molecule has 5 nitrogen and oxygen atoms in total. The molecule has 5 rings (SSSR count). The number of carbonyl (C=O) groups is 1. The summed E-state index contributed by atoms with van der Waals surface area (Å²) < 4.78 is 29.4. The summed E-state index contributed by atoms with van der Waals surface area (Å²) in [5.74, 6) is -0.114. The first-order valence-corrected chi connectivity index (χ1v) is 13.8. The van der Waals surface area contributed by atoms with Crippen LogP contribution in [-0.4, -0.2) is 36.3 Å². The summed E-state index contributed by atoms with van der Waals surface area (Å²) in [5, 5.41) is 0.456. The molecule has 0 spiro atoms. The predicted octanol–water partition coefficient (Wildman–Crippen LogP) is 5.86. The van der Waals surface area contributed by atoms with Crippen LogP contribution in [0, 0.1) is 6.92 Å². The van der Waals surface area contributed by atoms with Crippen LogP contribution >= 0.6 is 11.6 Å². The summed E-state index contributed by atoms with van der Waals surface area (Å²) in [6, 6.07) is 12.6. The third kappa shape index (κ3) is 4.12. The van der Waals surface area contributed by atoms with Crippen LogP contribution in [0.2, 0.25) is 5.02 Å². The predicted molar refractivity (Wildman–Crippen MR) is 135 cm³/mol. The molecule has 0 radical (unpaired) electrons. The SMILES string of the molecule is Cc1cccc(Cl)c1C(=O)n1cc(-c2ccc(S(=O)(=O)N3CCCCC3)cc2)c2c1CCCC2. The number of piperidine rings is 1. The molecule has 3 aromatic rings. The molecule has 2 aliphatic rings. The standard InChI is InChI=1S/C27H29ClN2O3S/c1-19-8-7-10-24(28)26(19)27(31)30-18-23(22-9-3-4-11-25(22)30)20-12-14-21(15-13-20)34(32,33)29-16-5-2-6-17-29/h7-8,10,12-15,18H,2-6,9,11,16-17H2,1H3. The molecule has 178 valence electrons. The van der Waals surface area contributed by atoms with Crippen molar-refractivity contribution in [3.05, 3.63) is 76.1 Å². The Bertz CT molecular complexity index is 1320. The number of aromatic nitrogens is 1. The summed E-state index contributed by atoms with van der Waals surface area (Å²) in [5.41, 5.74) is 5.52. The fourth-order valence-electron chi connectivity index (χ4n) is 5.24. The van der Waals surface area contributed by atoms with Gasteiger partial charge in [-0.05, 0) is 80.3 Å². The van der Waals surface area contributed by atoms with E-state index in [1.54, 1.807) is 27.1 Å². The summed E-state index contributed by atoms with van der Waals surface area (Å²) in [6.07, 6.45) is 8.68. The molecule has 1 aliphatic carbocycles. The average Bonchev–Trinajstić information content (AvgIpc) is 3.24. The largest absolute Gasteiger partial charge is 0.287 e. The van der Waals surface area contributed by atoms with Gasteiger partial charge in [0.15, 0.2) is 0 Å². The van der Waals surface area contributed by atoms with Crippen LogP contribution in [0.25, 0.3) is 11.1 Å². The highest BCUT2D eigenvalue weighted by atomic mass is 35.5. The lowest BCUT2D eigenvalue weighted by Gasteiger charge is -2.25. The zero-order valence-electron chi connectivity index (χ0n) is 19.4. The van der Waals surface area contributed by atoms with Gasteiger partial charge in [0.05, 0.1) is 15.5 Å². The molecule has 1 aliphatic heterocycles. The first kappa shape index (κ1) is 23.3. The molecule has 1 aromatic heterocycles. The van der Waals surface area contributed by atoms with Crippen LogP contribution < -0.4 is 0 Å². The fraction of sp³-hybridized carbons (Fsp3) is 0.370. The van der Waals surface area contributed by atoms with Gasteiger partial charge in [-0.2, -0.15) is 4.31 Å². The van der Waals surface area contributed by atoms with Gasteiger partial charge in [0.1, 0.15) is 0 Å². The van der Waals surface area contributed by atoms with Crippen LogP contribution in [0.1, 0.15) is 59.3 Å². The highest BCUT2D eigenvalue weighted by molar-refractivity contribution is 7.89. The van der Waals surface area contributed by atoms with Crippen molar-refractivity contribution < 1.29 is 13.2 Å². The Morgan fingerprint density at radius 3 is 2.32 bits per heavy atom. The van der Waals surface area contributed by atoms with E-state index in [-0.39, 0.29) is 5.91 Å². The molecule has 0 saturated carbocycles. The fourth-order valence-corrected chi connectivity index (χ4v) is 7.06. The molecule has 2 heterocycles. The average molecular weight is 497 g/mol. The molecular weight excluding hydrogens is 468 g/mol. The third-order valence-corrected chi connectivity index (χ3v) is 9.31. The lowest BCUT2D eigenvalue weighted by molar-refractivity contribution is 0.0956. The number of fused-ring (bicyclic) bond motifs is 1. The van der Waals surface area contributed by atoms with Crippen LogP contribution in [0.5, 0.6) is 0 Å². The first-order chi connectivity index (χ1) is 16.4. The topological polar surface area (TPSA) is 59.4 Å². The van der Waals surface area contributed by atoms with Crippen LogP contribution in [-0.2, 0) is 22.9 Å². The monoisotopic (exact) mass is 496 g/mol. The van der Waals surface area contributed by atoms with E-state index in [4.69, 9.17) is 11.6 Å². The van der Waals surface area contributed by atoms with Gasteiger partial charge in [-0.3, -0.25) is 9.36 Å². The molecule has 0 amide bonds. The quantitative estimate of drug-likeness (QED) is 0.454. The van der Waals surface area contributed by atoms with Gasteiger partial charge in [0, 0.05) is 30.5 Å². The van der Waals surface area contributed by atoms with Gasteiger partial charge in [0.2, 0.25) is 10.0 Å². The van der Waals surface area contributed by atoms with Crippen molar-refractivity contribution in [3.8, 4) is 11.1 Å². The summed E-state index contributed by atoms with van der Waals surface area (Å²) in [4.78, 5) is 13.9. The van der Waals surface area contributed by atoms with Crippen LogP contribution in [0.15, 0.2) is 53.6 Å². The Labute approximate surface area is 206 Å². The van der Waals surface area contributed by atoms with Crippen LogP contribution in [0.3, 0.4) is 0 Å². The van der Waals surface area contributed by atoms with E-state index in [0.29, 0.717) is 28.6 Å². The van der Waals surface area contributed by atoms with E-state index >= 15 is 0 Å². The zero-order valence-corrected chi connectivity index (χ0v) is 21.0. The van der Waals surface area contributed by atoms with E-state index in [1.807, 2.05) is 37.4 Å². The lowest BCUT2D eigenvalue weighted by Crippen LogP contribution is -2.35. The van der Waals surface area contributed by atoms with Gasteiger partial charge >= 0.3 is 0 Å². The zero-order chi connectivity index (χ0) is 23.9. The van der Waals surface area contributed by atoms with E-state index in [9.17, 15) is 13.2 Å². The van der Waals surface area contributed by atoms with E-state index in [2.05, 4.69) is 0 Å². The molecule has 7 heteroatoms. The molecular formula is C27H29ClN2O3S. The minimum atomic E-state index is -3.47. The Hall–Kier alpha value is -2.41. The van der Waals surface area contributed by atoms with Crippen molar-refractivity contribution in [2.45, 2.75) is 56.8 Å². The molecule has 0 bridgehead atoms. The maximum Gasteiger partial charge on any atom is 0.263 e. The number of aryl methyl sites for hydroxylation is 1. The van der Waals surface area contributed by atoms with Crippen molar-refractivity contribution in [1.29, 1.82) is 0 Å². The second kappa shape index (κ2) is 9.33. The molecule has 0 atom stereocenters. The highest BCUT2D eigenvalue weighted by Gasteiger charge is 2.28. The van der Waals surface area contributed by atoms with Gasteiger partial charge in [-0.15, -0.1) is 0 Å². The normalized spacial score (nSPS) is 16.9. The Balaban J connectivity index is 1.52. The number of nitrogens with zero attached hydrogens (tertiary/aromatic N) is 2. The molecule has 0 N–H and O–H groups in total. The number of benzene rings is 2. The van der Waals surface area contributed by atoms with E-state index in [1.165, 1.54) is 5.56 Å². The lowest BCUT2D eigenvalue weighted by atomic mass is 9.92. The van der Waals surface area contributed by atoms with Crippen molar-refractivity contribution in [1.82, 2.24) is 8.87 Å². The smallest absolute Gasteiger partial charge is 0.263 e. The van der Waals surface area contributed by atoms with Gasteiger partial charge in [-0.1, -0.05) is 42.3 Å². The minimum absolute atomic E-state index is 0.114. The summed E-state index contributed by atoms with van der Waals surface area (Å²) in [7, 11) is -3.47. The molecule has 34 heavy (non-hydrogen) atoms. The maximum absolute atomic E-state index is 13.6. The van der Waals surface area contributed by atoms with Crippen molar-refractivity contribution in [2.24, 2.45) is 0 Å². The minimum Gasteiger partial charge on any atom is -0.287 e. The summed E-state index contributed by atoms with van der Waals surface area (Å²) in [6.45, 7) is 3.07. The molecule has 1 saturated heterocycles. The van der Waals surface area contributed by atoms with Gasteiger partial charge < -0.3 is 0 Å². The molecule has 0 unspecified atom stereocenters. The first-order valence-electron chi connectivity index (χ1n) is 12.0. The van der Waals surface area contributed by atoms with E-state index in [0.717, 1.165) is 67.3 Å². The van der Waals surface area contributed by atoms with Crippen molar-refractivity contribution in [2.75, 3.05) is 13.1 Å². The second-order valence-corrected chi connectivity index (χ2v) is 11.6. The Kier molecular flexibility index (Phi) is 6.40. The number of hydrogen-bond acceptors (Lipinski definition) is 3. The number of carbonyl (C=O) groups excluding carboxylic acids is 1.